The first kappa shape index (κ1) is 13.1. The molecule has 1 aliphatic rings. The molecule has 100 valence electrons. The van der Waals surface area contributed by atoms with Crippen molar-refractivity contribution in [2.45, 2.75) is 39.5 Å². The normalized spacial score (nSPS) is 16.6. The summed E-state index contributed by atoms with van der Waals surface area (Å²) in [5.74, 6) is 0.450. The molecule has 0 spiro atoms. The quantitative estimate of drug-likeness (QED) is 0.803. The number of aliphatic hydroxyl groups excluding tert-OH is 1. The van der Waals surface area contributed by atoms with Crippen LogP contribution in [0.15, 0.2) is 4.52 Å². The van der Waals surface area contributed by atoms with Crippen LogP contribution in [-0.2, 0) is 6.42 Å². The van der Waals surface area contributed by atoms with Crippen molar-refractivity contribution in [2.24, 2.45) is 5.41 Å². The van der Waals surface area contributed by atoms with E-state index in [9.17, 15) is 4.79 Å². The van der Waals surface area contributed by atoms with Crippen LogP contribution in [0, 0.1) is 12.3 Å². The van der Waals surface area contributed by atoms with Crippen molar-refractivity contribution >= 4 is 5.91 Å². The molecule has 1 saturated carbocycles. The number of rotatable bonds is 6. The SMILES string of the molecule is CCc1noc(C)c1C(=O)NCC1(CCO)CC1. The Balaban J connectivity index is 1.97. The predicted molar refractivity (Wildman–Crippen MR) is 66.3 cm³/mol. The van der Waals surface area contributed by atoms with Crippen LogP contribution in [-0.4, -0.2) is 29.3 Å². The first-order valence-corrected chi connectivity index (χ1v) is 6.46. The number of nitrogens with one attached hydrogen (secondary N) is 1. The molecule has 0 aliphatic heterocycles. The molecule has 0 saturated heterocycles. The van der Waals surface area contributed by atoms with E-state index in [2.05, 4.69) is 10.5 Å². The molecule has 0 aromatic carbocycles. The van der Waals surface area contributed by atoms with Crippen molar-refractivity contribution in [1.82, 2.24) is 10.5 Å². The maximum atomic E-state index is 12.1. The summed E-state index contributed by atoms with van der Waals surface area (Å²) in [4.78, 5) is 12.1. The fraction of sp³-hybridized carbons (Fsp3) is 0.692. The summed E-state index contributed by atoms with van der Waals surface area (Å²) in [5, 5.41) is 15.8. The van der Waals surface area contributed by atoms with Gasteiger partial charge in [-0.25, -0.2) is 0 Å². The lowest BCUT2D eigenvalue weighted by atomic mass is 10.0. The molecule has 5 nitrogen and oxygen atoms in total. The zero-order valence-electron chi connectivity index (χ0n) is 11.0. The second-order valence-electron chi connectivity index (χ2n) is 5.07. The molecule has 0 atom stereocenters. The molecule has 0 bridgehead atoms. The van der Waals surface area contributed by atoms with E-state index in [1.165, 1.54) is 0 Å². The molecular weight excluding hydrogens is 232 g/mol. The fourth-order valence-corrected chi connectivity index (χ4v) is 2.24. The van der Waals surface area contributed by atoms with Gasteiger partial charge in [-0.15, -0.1) is 0 Å². The minimum atomic E-state index is -0.116. The van der Waals surface area contributed by atoms with Gasteiger partial charge in [-0.3, -0.25) is 4.79 Å². The highest BCUT2D eigenvalue weighted by Gasteiger charge is 2.42. The molecule has 0 radical (unpaired) electrons. The van der Waals surface area contributed by atoms with E-state index in [4.69, 9.17) is 9.63 Å². The Kier molecular flexibility index (Phi) is 3.71. The van der Waals surface area contributed by atoms with E-state index >= 15 is 0 Å². The van der Waals surface area contributed by atoms with E-state index in [1.807, 2.05) is 6.92 Å². The Morgan fingerprint density at radius 3 is 2.83 bits per heavy atom. The van der Waals surface area contributed by atoms with Crippen LogP contribution in [0.1, 0.15) is 48.0 Å². The van der Waals surface area contributed by atoms with Gasteiger partial charge in [0.05, 0.1) is 5.69 Å². The number of carbonyl (C=O) groups excluding carboxylic acids is 1. The molecular formula is C13H20N2O3. The monoisotopic (exact) mass is 252 g/mol. The molecule has 1 aromatic rings. The maximum Gasteiger partial charge on any atom is 0.256 e. The molecule has 2 N–H and O–H groups in total. The first-order chi connectivity index (χ1) is 8.62. The number of aromatic nitrogens is 1. The molecule has 1 aliphatic carbocycles. The van der Waals surface area contributed by atoms with Crippen molar-refractivity contribution in [2.75, 3.05) is 13.2 Å². The van der Waals surface area contributed by atoms with E-state index in [-0.39, 0.29) is 17.9 Å². The number of aryl methyl sites for hydroxylation is 2. The molecule has 2 rings (SSSR count). The van der Waals surface area contributed by atoms with Gasteiger partial charge in [0.2, 0.25) is 0 Å². The summed E-state index contributed by atoms with van der Waals surface area (Å²) >= 11 is 0. The highest BCUT2D eigenvalue weighted by molar-refractivity contribution is 5.96. The Morgan fingerprint density at radius 2 is 2.28 bits per heavy atom. The van der Waals surface area contributed by atoms with Crippen LogP contribution in [0.25, 0.3) is 0 Å². The molecule has 0 unspecified atom stereocenters. The number of carbonyl (C=O) groups is 1. The van der Waals surface area contributed by atoms with E-state index in [1.54, 1.807) is 6.92 Å². The number of nitrogens with zero attached hydrogens (tertiary/aromatic N) is 1. The van der Waals surface area contributed by atoms with Gasteiger partial charge in [0, 0.05) is 13.2 Å². The second kappa shape index (κ2) is 5.10. The van der Waals surface area contributed by atoms with Crippen LogP contribution < -0.4 is 5.32 Å². The van der Waals surface area contributed by atoms with Gasteiger partial charge in [-0.2, -0.15) is 0 Å². The van der Waals surface area contributed by atoms with Crippen LogP contribution in [0.5, 0.6) is 0 Å². The van der Waals surface area contributed by atoms with Crippen molar-refractivity contribution in [3.8, 4) is 0 Å². The Morgan fingerprint density at radius 1 is 1.56 bits per heavy atom. The van der Waals surface area contributed by atoms with Gasteiger partial charge in [-0.05, 0) is 38.0 Å². The third-order valence-corrected chi connectivity index (χ3v) is 3.72. The third kappa shape index (κ3) is 2.56. The van der Waals surface area contributed by atoms with Crippen molar-refractivity contribution in [3.05, 3.63) is 17.0 Å². The van der Waals surface area contributed by atoms with Crippen LogP contribution in [0.2, 0.25) is 0 Å². The Labute approximate surface area is 107 Å². The molecule has 18 heavy (non-hydrogen) atoms. The minimum Gasteiger partial charge on any atom is -0.396 e. The highest BCUT2D eigenvalue weighted by atomic mass is 16.5. The third-order valence-electron chi connectivity index (χ3n) is 3.72. The first-order valence-electron chi connectivity index (χ1n) is 6.46. The zero-order chi connectivity index (χ0) is 13.2. The standard InChI is InChI=1S/C13H20N2O3/c1-3-10-11(9(2)18-15-10)12(17)14-8-13(4-5-13)6-7-16/h16H,3-8H2,1-2H3,(H,14,17). The summed E-state index contributed by atoms with van der Waals surface area (Å²) in [6.45, 7) is 4.51. The van der Waals surface area contributed by atoms with Gasteiger partial charge in [0.1, 0.15) is 11.3 Å². The lowest BCUT2D eigenvalue weighted by molar-refractivity contribution is 0.0938. The highest BCUT2D eigenvalue weighted by Crippen LogP contribution is 2.47. The second-order valence-corrected chi connectivity index (χ2v) is 5.07. The summed E-state index contributed by atoms with van der Waals surface area (Å²) in [7, 11) is 0. The lowest BCUT2D eigenvalue weighted by Gasteiger charge is -2.14. The van der Waals surface area contributed by atoms with Crippen LogP contribution in [0.3, 0.4) is 0 Å². The summed E-state index contributed by atoms with van der Waals surface area (Å²) in [6, 6.07) is 0. The summed E-state index contributed by atoms with van der Waals surface area (Å²) in [5.41, 5.74) is 1.40. The maximum absolute atomic E-state index is 12.1. The average Bonchev–Trinajstić information content (AvgIpc) is 3.02. The Hall–Kier alpha value is -1.36. The molecule has 1 amide bonds. The van der Waals surface area contributed by atoms with Gasteiger partial charge in [0.25, 0.3) is 5.91 Å². The summed E-state index contributed by atoms with van der Waals surface area (Å²) < 4.78 is 5.05. The van der Waals surface area contributed by atoms with E-state index in [0.717, 1.165) is 19.3 Å². The largest absolute Gasteiger partial charge is 0.396 e. The van der Waals surface area contributed by atoms with Crippen molar-refractivity contribution in [1.29, 1.82) is 0 Å². The topological polar surface area (TPSA) is 75.4 Å². The summed E-state index contributed by atoms with van der Waals surface area (Å²) in [6.07, 6.45) is 3.60. The molecule has 1 aromatic heterocycles. The lowest BCUT2D eigenvalue weighted by Crippen LogP contribution is -2.31. The average molecular weight is 252 g/mol. The number of aliphatic hydroxyl groups is 1. The van der Waals surface area contributed by atoms with Gasteiger partial charge in [0.15, 0.2) is 0 Å². The number of amides is 1. The van der Waals surface area contributed by atoms with Gasteiger partial charge < -0.3 is 14.9 Å². The molecule has 1 fully saturated rings. The predicted octanol–water partition coefficient (Wildman–Crippen LogP) is 1.44. The number of hydrogen-bond acceptors (Lipinski definition) is 4. The minimum absolute atomic E-state index is 0.116. The van der Waals surface area contributed by atoms with Crippen LogP contribution >= 0.6 is 0 Å². The fourth-order valence-electron chi connectivity index (χ4n) is 2.24. The van der Waals surface area contributed by atoms with E-state index in [0.29, 0.717) is 30.0 Å². The van der Waals surface area contributed by atoms with Gasteiger partial charge >= 0.3 is 0 Å². The molecule has 5 heteroatoms. The Bertz CT molecular complexity index is 435. The molecule has 1 heterocycles. The van der Waals surface area contributed by atoms with Crippen molar-refractivity contribution < 1.29 is 14.4 Å². The van der Waals surface area contributed by atoms with Gasteiger partial charge in [-0.1, -0.05) is 12.1 Å². The number of hydrogen-bond donors (Lipinski definition) is 2. The zero-order valence-corrected chi connectivity index (χ0v) is 11.0. The van der Waals surface area contributed by atoms with Crippen molar-refractivity contribution in [3.63, 3.8) is 0 Å². The smallest absolute Gasteiger partial charge is 0.256 e. The van der Waals surface area contributed by atoms with Crippen LogP contribution in [0.4, 0.5) is 0 Å². The van der Waals surface area contributed by atoms with E-state index < -0.39 is 0 Å².